The van der Waals surface area contributed by atoms with E-state index in [1.165, 1.54) is 11.1 Å². The first-order valence-corrected chi connectivity index (χ1v) is 5.55. The maximum absolute atomic E-state index is 10.6. The Bertz CT molecular complexity index is 323. The third kappa shape index (κ3) is 2.38. The Labute approximate surface area is 90.9 Å². The van der Waals surface area contributed by atoms with Crippen molar-refractivity contribution in [1.29, 1.82) is 0 Å². The molecule has 1 amide bonds. The van der Waals surface area contributed by atoms with Crippen molar-refractivity contribution < 1.29 is 4.79 Å². The molecule has 0 radical (unpaired) electrons. The number of carbonyl (C=O) groups is 1. The Balaban J connectivity index is 2.01. The SMILES string of the molecule is Cc1ccc(C2CCN(C=O)CC2)cc1. The van der Waals surface area contributed by atoms with Crippen molar-refractivity contribution in [2.75, 3.05) is 13.1 Å². The van der Waals surface area contributed by atoms with Gasteiger partial charge in [0.2, 0.25) is 6.41 Å². The fourth-order valence-electron chi connectivity index (χ4n) is 2.18. The molecule has 1 aliphatic rings. The molecule has 0 saturated carbocycles. The van der Waals surface area contributed by atoms with Gasteiger partial charge in [-0.05, 0) is 31.2 Å². The summed E-state index contributed by atoms with van der Waals surface area (Å²) in [7, 11) is 0. The predicted molar refractivity (Wildman–Crippen MR) is 60.8 cm³/mol. The van der Waals surface area contributed by atoms with Gasteiger partial charge in [0.25, 0.3) is 0 Å². The monoisotopic (exact) mass is 203 g/mol. The van der Waals surface area contributed by atoms with Crippen LogP contribution in [0.3, 0.4) is 0 Å². The predicted octanol–water partition coefficient (Wildman–Crippen LogP) is 2.33. The van der Waals surface area contributed by atoms with E-state index in [9.17, 15) is 4.79 Å². The summed E-state index contributed by atoms with van der Waals surface area (Å²) in [4.78, 5) is 12.4. The number of nitrogens with zero attached hydrogens (tertiary/aromatic N) is 1. The first kappa shape index (κ1) is 10.2. The van der Waals surface area contributed by atoms with Crippen molar-refractivity contribution in [2.45, 2.75) is 25.7 Å². The lowest BCUT2D eigenvalue weighted by Crippen LogP contribution is -2.31. The highest BCUT2D eigenvalue weighted by atomic mass is 16.1. The quantitative estimate of drug-likeness (QED) is 0.675. The smallest absolute Gasteiger partial charge is 0.209 e. The molecule has 0 aromatic heterocycles. The average molecular weight is 203 g/mol. The summed E-state index contributed by atoms with van der Waals surface area (Å²) in [6, 6.07) is 8.77. The van der Waals surface area contributed by atoms with Gasteiger partial charge in [-0.25, -0.2) is 0 Å². The molecule has 0 aliphatic carbocycles. The van der Waals surface area contributed by atoms with Crippen LogP contribution in [0.4, 0.5) is 0 Å². The third-order valence-corrected chi connectivity index (χ3v) is 3.23. The Morgan fingerprint density at radius 1 is 1.20 bits per heavy atom. The standard InChI is InChI=1S/C13H17NO/c1-11-2-4-12(5-3-11)13-6-8-14(10-15)9-7-13/h2-5,10,13H,6-9H2,1H3. The fourth-order valence-corrected chi connectivity index (χ4v) is 2.18. The second-order valence-electron chi connectivity index (χ2n) is 4.33. The average Bonchev–Trinajstić information content (AvgIpc) is 2.30. The normalized spacial score (nSPS) is 17.8. The zero-order valence-corrected chi connectivity index (χ0v) is 9.15. The van der Waals surface area contributed by atoms with Crippen molar-refractivity contribution in [1.82, 2.24) is 4.90 Å². The maximum atomic E-state index is 10.6. The van der Waals surface area contributed by atoms with Crippen LogP contribution >= 0.6 is 0 Å². The van der Waals surface area contributed by atoms with Crippen LogP contribution in [0.25, 0.3) is 0 Å². The molecule has 1 aromatic rings. The summed E-state index contributed by atoms with van der Waals surface area (Å²) in [6.07, 6.45) is 3.16. The van der Waals surface area contributed by atoms with E-state index < -0.39 is 0 Å². The lowest BCUT2D eigenvalue weighted by atomic mass is 9.89. The molecule has 2 nitrogen and oxygen atoms in total. The van der Waals surface area contributed by atoms with E-state index >= 15 is 0 Å². The van der Waals surface area contributed by atoms with Crippen LogP contribution < -0.4 is 0 Å². The van der Waals surface area contributed by atoms with Gasteiger partial charge in [0.1, 0.15) is 0 Å². The first-order chi connectivity index (χ1) is 7.29. The number of aryl methyl sites for hydroxylation is 1. The van der Waals surface area contributed by atoms with E-state index in [-0.39, 0.29) is 0 Å². The molecule has 1 saturated heterocycles. The van der Waals surface area contributed by atoms with Crippen LogP contribution in [0.15, 0.2) is 24.3 Å². The second-order valence-corrected chi connectivity index (χ2v) is 4.33. The van der Waals surface area contributed by atoms with E-state index in [1.54, 1.807) is 0 Å². The molecule has 15 heavy (non-hydrogen) atoms. The number of hydrogen-bond acceptors (Lipinski definition) is 1. The minimum atomic E-state index is 0.641. The van der Waals surface area contributed by atoms with Crippen LogP contribution in [0.5, 0.6) is 0 Å². The number of rotatable bonds is 2. The van der Waals surface area contributed by atoms with Crippen molar-refractivity contribution in [2.24, 2.45) is 0 Å². The van der Waals surface area contributed by atoms with Gasteiger partial charge in [0, 0.05) is 13.1 Å². The van der Waals surface area contributed by atoms with Crippen molar-refractivity contribution >= 4 is 6.41 Å². The highest BCUT2D eigenvalue weighted by Crippen LogP contribution is 2.27. The van der Waals surface area contributed by atoms with Crippen LogP contribution in [0, 0.1) is 6.92 Å². The summed E-state index contributed by atoms with van der Waals surface area (Å²) in [5, 5.41) is 0. The number of carbonyl (C=O) groups excluding carboxylic acids is 1. The zero-order valence-electron chi connectivity index (χ0n) is 9.15. The van der Waals surface area contributed by atoms with Crippen molar-refractivity contribution in [3.63, 3.8) is 0 Å². The molecule has 1 fully saturated rings. The second kappa shape index (κ2) is 4.47. The molecule has 2 rings (SSSR count). The molecule has 0 bridgehead atoms. The number of likely N-dealkylation sites (tertiary alicyclic amines) is 1. The van der Waals surface area contributed by atoms with Crippen LogP contribution in [0.2, 0.25) is 0 Å². The molecule has 1 aliphatic heterocycles. The molecule has 0 atom stereocenters. The highest BCUT2D eigenvalue weighted by molar-refractivity contribution is 5.47. The summed E-state index contributed by atoms with van der Waals surface area (Å²) in [5.41, 5.74) is 2.73. The van der Waals surface area contributed by atoms with Gasteiger partial charge >= 0.3 is 0 Å². The van der Waals surface area contributed by atoms with Gasteiger partial charge in [-0.2, -0.15) is 0 Å². The zero-order chi connectivity index (χ0) is 10.7. The number of hydrogen-bond donors (Lipinski definition) is 0. The van der Waals surface area contributed by atoms with E-state index in [4.69, 9.17) is 0 Å². The number of benzene rings is 1. The van der Waals surface area contributed by atoms with Gasteiger partial charge < -0.3 is 4.90 Å². The molecular weight excluding hydrogens is 186 g/mol. The topological polar surface area (TPSA) is 20.3 Å². The van der Waals surface area contributed by atoms with E-state index in [0.29, 0.717) is 5.92 Å². The van der Waals surface area contributed by atoms with Gasteiger partial charge in [-0.1, -0.05) is 29.8 Å². The molecule has 1 heterocycles. The Morgan fingerprint density at radius 3 is 2.33 bits per heavy atom. The number of piperidine rings is 1. The molecule has 0 unspecified atom stereocenters. The molecular formula is C13H17NO. The Kier molecular flexibility index (Phi) is 3.05. The molecule has 80 valence electrons. The molecule has 0 N–H and O–H groups in total. The summed E-state index contributed by atoms with van der Waals surface area (Å²) in [5.74, 6) is 0.641. The minimum absolute atomic E-state index is 0.641. The summed E-state index contributed by atoms with van der Waals surface area (Å²) >= 11 is 0. The van der Waals surface area contributed by atoms with E-state index in [0.717, 1.165) is 32.3 Å². The summed E-state index contributed by atoms with van der Waals surface area (Å²) in [6.45, 7) is 3.92. The first-order valence-electron chi connectivity index (χ1n) is 5.55. The largest absolute Gasteiger partial charge is 0.345 e. The Morgan fingerprint density at radius 2 is 1.80 bits per heavy atom. The van der Waals surface area contributed by atoms with Gasteiger partial charge in [0.15, 0.2) is 0 Å². The highest BCUT2D eigenvalue weighted by Gasteiger charge is 2.18. The van der Waals surface area contributed by atoms with E-state index in [1.807, 2.05) is 4.90 Å². The van der Waals surface area contributed by atoms with Crippen molar-refractivity contribution in [3.8, 4) is 0 Å². The molecule has 0 spiro atoms. The Hall–Kier alpha value is -1.31. The van der Waals surface area contributed by atoms with Crippen LogP contribution in [-0.4, -0.2) is 24.4 Å². The number of amides is 1. The molecule has 2 heteroatoms. The van der Waals surface area contributed by atoms with Gasteiger partial charge in [-0.15, -0.1) is 0 Å². The summed E-state index contributed by atoms with van der Waals surface area (Å²) < 4.78 is 0. The van der Waals surface area contributed by atoms with Gasteiger partial charge in [0.05, 0.1) is 0 Å². The van der Waals surface area contributed by atoms with Crippen molar-refractivity contribution in [3.05, 3.63) is 35.4 Å². The van der Waals surface area contributed by atoms with Gasteiger partial charge in [-0.3, -0.25) is 4.79 Å². The lowest BCUT2D eigenvalue weighted by molar-refractivity contribution is -0.119. The lowest BCUT2D eigenvalue weighted by Gasteiger charge is -2.29. The third-order valence-electron chi connectivity index (χ3n) is 3.23. The van der Waals surface area contributed by atoms with E-state index in [2.05, 4.69) is 31.2 Å². The van der Waals surface area contributed by atoms with Crippen LogP contribution in [-0.2, 0) is 4.79 Å². The fraction of sp³-hybridized carbons (Fsp3) is 0.462. The molecule has 1 aromatic carbocycles. The minimum Gasteiger partial charge on any atom is -0.345 e. The van der Waals surface area contributed by atoms with Crippen LogP contribution in [0.1, 0.15) is 29.9 Å². The maximum Gasteiger partial charge on any atom is 0.209 e.